The van der Waals surface area contributed by atoms with Crippen LogP contribution >= 0.6 is 0 Å². The molecule has 0 spiro atoms. The molecule has 1 aliphatic rings. The van der Waals surface area contributed by atoms with Crippen molar-refractivity contribution in [2.75, 3.05) is 7.11 Å². The number of hydrogen-bond donors (Lipinski definition) is 2. The third-order valence-corrected chi connectivity index (χ3v) is 5.12. The third kappa shape index (κ3) is 3.17. The molecule has 1 aliphatic carbocycles. The second kappa shape index (κ2) is 6.17. The molecular weight excluding hydrogens is 285 g/mol. The summed E-state index contributed by atoms with van der Waals surface area (Å²) in [5.74, 6) is -0.655. The number of aliphatic hydroxyl groups is 1. The van der Waals surface area contributed by atoms with E-state index >= 15 is 0 Å². The van der Waals surface area contributed by atoms with Crippen LogP contribution in [0, 0.1) is 5.82 Å². The van der Waals surface area contributed by atoms with E-state index in [-0.39, 0.29) is 22.6 Å². The Morgan fingerprint density at radius 2 is 2.20 bits per heavy atom. The zero-order chi connectivity index (χ0) is 14.8. The van der Waals surface area contributed by atoms with Gasteiger partial charge < -0.3 is 9.84 Å². The Kier molecular flexibility index (Phi) is 4.74. The van der Waals surface area contributed by atoms with Gasteiger partial charge in [-0.1, -0.05) is 6.07 Å². The predicted molar refractivity (Wildman–Crippen MR) is 71.1 cm³/mol. The molecule has 0 radical (unpaired) electrons. The molecule has 2 rings (SSSR count). The molecule has 0 bridgehead atoms. The molecule has 5 nitrogen and oxygen atoms in total. The van der Waals surface area contributed by atoms with Crippen LogP contribution < -0.4 is 4.72 Å². The van der Waals surface area contributed by atoms with E-state index < -0.39 is 22.4 Å². The third-order valence-electron chi connectivity index (χ3n) is 3.55. The van der Waals surface area contributed by atoms with Crippen molar-refractivity contribution in [3.63, 3.8) is 0 Å². The summed E-state index contributed by atoms with van der Waals surface area (Å²) in [6, 6.07) is 2.99. The van der Waals surface area contributed by atoms with Gasteiger partial charge in [0.05, 0.1) is 17.6 Å². The smallest absolute Gasteiger partial charge is 0.241 e. The molecule has 112 valence electrons. The minimum atomic E-state index is -3.88. The molecule has 0 amide bonds. The molecule has 1 saturated carbocycles. The quantitative estimate of drug-likeness (QED) is 0.856. The van der Waals surface area contributed by atoms with Crippen LogP contribution in [-0.4, -0.2) is 32.8 Å². The Morgan fingerprint density at radius 1 is 1.45 bits per heavy atom. The number of sulfonamides is 1. The maximum Gasteiger partial charge on any atom is 0.241 e. The van der Waals surface area contributed by atoms with Gasteiger partial charge in [-0.2, -0.15) is 0 Å². The Hall–Kier alpha value is -1.02. The number of benzene rings is 1. The minimum absolute atomic E-state index is 0.170. The van der Waals surface area contributed by atoms with E-state index in [0.29, 0.717) is 6.42 Å². The molecule has 2 unspecified atom stereocenters. The van der Waals surface area contributed by atoms with Crippen LogP contribution in [0.2, 0.25) is 0 Å². The van der Waals surface area contributed by atoms with Crippen LogP contribution in [0.3, 0.4) is 0 Å². The normalized spacial score (nSPS) is 23.1. The van der Waals surface area contributed by atoms with Gasteiger partial charge in [-0.05, 0) is 37.0 Å². The molecule has 2 atom stereocenters. The molecule has 0 aliphatic heterocycles. The van der Waals surface area contributed by atoms with E-state index in [1.54, 1.807) is 7.11 Å². The topological polar surface area (TPSA) is 75.6 Å². The van der Waals surface area contributed by atoms with Crippen molar-refractivity contribution in [2.24, 2.45) is 0 Å². The van der Waals surface area contributed by atoms with E-state index in [2.05, 4.69) is 4.72 Å². The maximum atomic E-state index is 13.3. The van der Waals surface area contributed by atoms with Crippen LogP contribution in [0.15, 0.2) is 23.1 Å². The Bertz CT molecular complexity index is 576. The molecule has 0 heterocycles. The first-order chi connectivity index (χ1) is 9.47. The largest absolute Gasteiger partial charge is 0.392 e. The van der Waals surface area contributed by atoms with Crippen molar-refractivity contribution < 1.29 is 22.7 Å². The van der Waals surface area contributed by atoms with Gasteiger partial charge in [0.15, 0.2) is 0 Å². The van der Waals surface area contributed by atoms with Crippen LogP contribution in [0.1, 0.15) is 24.8 Å². The molecule has 2 N–H and O–H groups in total. The van der Waals surface area contributed by atoms with E-state index in [4.69, 9.17) is 4.74 Å². The SMILES string of the molecule is COC1CCCC1NS(=O)(=O)c1cc(F)ccc1CO. The lowest BCUT2D eigenvalue weighted by molar-refractivity contribution is 0.0916. The van der Waals surface area contributed by atoms with Gasteiger partial charge in [-0.25, -0.2) is 17.5 Å². The number of hydrogen-bond acceptors (Lipinski definition) is 4. The monoisotopic (exact) mass is 303 g/mol. The Labute approximate surface area is 117 Å². The molecular formula is C13H18FNO4S. The number of halogens is 1. The van der Waals surface area contributed by atoms with Crippen molar-refractivity contribution in [3.8, 4) is 0 Å². The van der Waals surface area contributed by atoms with E-state index in [9.17, 15) is 17.9 Å². The zero-order valence-electron chi connectivity index (χ0n) is 11.2. The first kappa shape index (κ1) is 15.4. The van der Waals surface area contributed by atoms with E-state index in [1.165, 1.54) is 6.07 Å². The summed E-state index contributed by atoms with van der Waals surface area (Å²) in [6.45, 7) is -0.463. The van der Waals surface area contributed by atoms with Crippen LogP contribution in [0.4, 0.5) is 4.39 Å². The second-order valence-corrected chi connectivity index (χ2v) is 6.53. The molecule has 0 saturated heterocycles. The van der Waals surface area contributed by atoms with Gasteiger partial charge >= 0.3 is 0 Å². The fraction of sp³-hybridized carbons (Fsp3) is 0.538. The van der Waals surface area contributed by atoms with Crippen molar-refractivity contribution in [2.45, 2.75) is 42.9 Å². The first-order valence-corrected chi connectivity index (χ1v) is 7.90. The standard InChI is InChI=1S/C13H18FNO4S/c1-19-12-4-2-3-11(12)15-20(17,18)13-7-10(14)6-5-9(13)8-16/h5-7,11-12,15-16H,2-4,8H2,1H3. The van der Waals surface area contributed by atoms with Crippen LogP contribution in [0.25, 0.3) is 0 Å². The van der Waals surface area contributed by atoms with E-state index in [0.717, 1.165) is 25.0 Å². The Morgan fingerprint density at radius 3 is 2.85 bits per heavy atom. The highest BCUT2D eigenvalue weighted by Crippen LogP contribution is 2.25. The molecule has 1 aromatic carbocycles. The summed E-state index contributed by atoms with van der Waals surface area (Å²) in [6.07, 6.45) is 2.18. The second-order valence-electron chi connectivity index (χ2n) is 4.84. The number of nitrogens with one attached hydrogen (secondary N) is 1. The average Bonchev–Trinajstić information content (AvgIpc) is 2.85. The van der Waals surface area contributed by atoms with Crippen LogP contribution in [-0.2, 0) is 21.4 Å². The summed E-state index contributed by atoms with van der Waals surface area (Å²) in [5, 5.41) is 9.19. The Balaban J connectivity index is 2.28. The number of methoxy groups -OCH3 is 1. The zero-order valence-corrected chi connectivity index (χ0v) is 12.0. The molecule has 1 fully saturated rings. The van der Waals surface area contributed by atoms with Crippen molar-refractivity contribution >= 4 is 10.0 Å². The molecule has 1 aromatic rings. The fourth-order valence-corrected chi connectivity index (χ4v) is 4.06. The van der Waals surface area contributed by atoms with Crippen molar-refractivity contribution in [1.82, 2.24) is 4.72 Å². The maximum absolute atomic E-state index is 13.3. The molecule has 0 aromatic heterocycles. The minimum Gasteiger partial charge on any atom is -0.392 e. The summed E-state index contributed by atoms with van der Waals surface area (Å²) < 4.78 is 45.7. The fourth-order valence-electron chi connectivity index (χ4n) is 2.51. The van der Waals surface area contributed by atoms with Gasteiger partial charge in [0.1, 0.15) is 5.82 Å². The highest BCUT2D eigenvalue weighted by molar-refractivity contribution is 7.89. The number of aliphatic hydroxyl groups excluding tert-OH is 1. The van der Waals surface area contributed by atoms with E-state index in [1.807, 2.05) is 0 Å². The highest BCUT2D eigenvalue weighted by atomic mass is 32.2. The molecule has 7 heteroatoms. The number of ether oxygens (including phenoxy) is 1. The first-order valence-electron chi connectivity index (χ1n) is 6.42. The molecule has 20 heavy (non-hydrogen) atoms. The van der Waals surface area contributed by atoms with Gasteiger partial charge in [-0.3, -0.25) is 0 Å². The van der Waals surface area contributed by atoms with Gasteiger partial charge in [0.2, 0.25) is 10.0 Å². The van der Waals surface area contributed by atoms with Gasteiger partial charge in [0.25, 0.3) is 0 Å². The summed E-state index contributed by atoms with van der Waals surface area (Å²) in [7, 11) is -2.34. The number of rotatable bonds is 5. The summed E-state index contributed by atoms with van der Waals surface area (Å²) >= 11 is 0. The van der Waals surface area contributed by atoms with Crippen LogP contribution in [0.5, 0.6) is 0 Å². The summed E-state index contributed by atoms with van der Waals surface area (Å²) in [5.41, 5.74) is 0.172. The lowest BCUT2D eigenvalue weighted by atomic mass is 10.2. The highest BCUT2D eigenvalue weighted by Gasteiger charge is 2.32. The average molecular weight is 303 g/mol. The summed E-state index contributed by atoms with van der Waals surface area (Å²) in [4.78, 5) is -0.221. The van der Waals surface area contributed by atoms with Gasteiger partial charge in [-0.15, -0.1) is 0 Å². The lowest BCUT2D eigenvalue weighted by Crippen LogP contribution is -2.41. The van der Waals surface area contributed by atoms with Gasteiger partial charge in [0, 0.05) is 13.2 Å². The van der Waals surface area contributed by atoms with Crippen molar-refractivity contribution in [1.29, 1.82) is 0 Å². The van der Waals surface area contributed by atoms with Crippen molar-refractivity contribution in [3.05, 3.63) is 29.6 Å². The predicted octanol–water partition coefficient (Wildman–Crippen LogP) is 1.16. The lowest BCUT2D eigenvalue weighted by Gasteiger charge is -2.20.